The Labute approximate surface area is 136 Å². The molecule has 0 unspecified atom stereocenters. The highest BCUT2D eigenvalue weighted by Gasteiger charge is 2.17. The number of benzene rings is 2. The Morgan fingerprint density at radius 1 is 1.22 bits per heavy atom. The van der Waals surface area contributed by atoms with Crippen molar-refractivity contribution in [1.82, 2.24) is 0 Å². The number of ketones is 1. The van der Waals surface area contributed by atoms with Gasteiger partial charge in [-0.3, -0.25) is 4.79 Å². The summed E-state index contributed by atoms with van der Waals surface area (Å²) >= 11 is 5.77. The molecule has 0 saturated carbocycles. The lowest BCUT2D eigenvalue weighted by atomic mass is 10.1. The van der Waals surface area contributed by atoms with Crippen molar-refractivity contribution in [2.24, 2.45) is 0 Å². The molecule has 0 saturated heterocycles. The molecule has 0 atom stereocenters. The number of esters is 1. The van der Waals surface area contributed by atoms with Crippen LogP contribution in [-0.2, 0) is 4.74 Å². The number of phenols is 1. The number of ether oxygens (including phenoxy) is 2. The number of phenolic OH excluding ortho intramolecular Hbond substituents is 1. The van der Waals surface area contributed by atoms with Crippen molar-refractivity contribution >= 4 is 23.4 Å². The van der Waals surface area contributed by atoms with E-state index in [0.717, 1.165) is 6.07 Å². The maximum atomic E-state index is 13.0. The average Bonchev–Trinajstić information content (AvgIpc) is 2.54. The SMILES string of the molecule is COc1cc(C(=O)OCC(=O)c2cccc(F)c2)cc(Cl)c1O. The molecule has 0 bridgehead atoms. The Kier molecular flexibility index (Phi) is 5.18. The minimum atomic E-state index is -0.824. The molecule has 7 heteroatoms. The number of rotatable bonds is 5. The van der Waals surface area contributed by atoms with E-state index in [0.29, 0.717) is 0 Å². The summed E-state index contributed by atoms with van der Waals surface area (Å²) in [5, 5.41) is 9.51. The summed E-state index contributed by atoms with van der Waals surface area (Å²) < 4.78 is 22.8. The number of hydrogen-bond acceptors (Lipinski definition) is 5. The first-order valence-corrected chi connectivity index (χ1v) is 6.82. The highest BCUT2D eigenvalue weighted by atomic mass is 35.5. The Morgan fingerprint density at radius 3 is 2.61 bits per heavy atom. The molecule has 2 aromatic carbocycles. The Morgan fingerprint density at radius 2 is 1.96 bits per heavy atom. The zero-order valence-electron chi connectivity index (χ0n) is 12.0. The number of carbonyl (C=O) groups is 2. The second-order valence-electron chi connectivity index (χ2n) is 4.52. The number of Topliss-reactive ketones (excluding diaryl/α,β-unsaturated/α-hetero) is 1. The molecular weight excluding hydrogens is 327 g/mol. The third-order valence-electron chi connectivity index (χ3n) is 2.97. The van der Waals surface area contributed by atoms with Crippen molar-refractivity contribution in [2.75, 3.05) is 13.7 Å². The number of halogens is 2. The minimum absolute atomic E-state index is 0.000840. The van der Waals surface area contributed by atoms with E-state index >= 15 is 0 Å². The topological polar surface area (TPSA) is 72.8 Å². The van der Waals surface area contributed by atoms with Crippen LogP contribution in [0.4, 0.5) is 4.39 Å². The monoisotopic (exact) mass is 338 g/mol. The van der Waals surface area contributed by atoms with Crippen LogP contribution in [0.5, 0.6) is 11.5 Å². The number of carbonyl (C=O) groups excluding carboxylic acids is 2. The van der Waals surface area contributed by atoms with E-state index in [4.69, 9.17) is 21.1 Å². The highest BCUT2D eigenvalue weighted by Crippen LogP contribution is 2.35. The zero-order chi connectivity index (χ0) is 17.0. The normalized spacial score (nSPS) is 10.2. The van der Waals surface area contributed by atoms with Gasteiger partial charge in [0.05, 0.1) is 17.7 Å². The Hall–Kier alpha value is -2.60. The average molecular weight is 339 g/mol. The molecule has 0 amide bonds. The molecule has 1 N–H and O–H groups in total. The van der Waals surface area contributed by atoms with Gasteiger partial charge in [0.2, 0.25) is 0 Å². The number of hydrogen-bond donors (Lipinski definition) is 1. The summed E-state index contributed by atoms with van der Waals surface area (Å²) in [5.74, 6) is -2.23. The quantitative estimate of drug-likeness (QED) is 0.669. The lowest BCUT2D eigenvalue weighted by molar-refractivity contribution is 0.0474. The van der Waals surface area contributed by atoms with Crippen LogP contribution in [0.25, 0.3) is 0 Å². The smallest absolute Gasteiger partial charge is 0.338 e. The predicted octanol–water partition coefficient (Wildman–Crippen LogP) is 3.23. The van der Waals surface area contributed by atoms with Crippen molar-refractivity contribution in [2.45, 2.75) is 0 Å². The summed E-state index contributed by atoms with van der Waals surface area (Å²) in [6.45, 7) is -0.552. The fourth-order valence-electron chi connectivity index (χ4n) is 1.81. The molecule has 0 heterocycles. The van der Waals surface area contributed by atoms with Crippen LogP contribution in [0.1, 0.15) is 20.7 Å². The van der Waals surface area contributed by atoms with Crippen LogP contribution < -0.4 is 4.74 Å². The number of methoxy groups -OCH3 is 1. The largest absolute Gasteiger partial charge is 0.503 e. The molecule has 0 radical (unpaired) electrons. The molecule has 0 aliphatic carbocycles. The molecule has 5 nitrogen and oxygen atoms in total. The van der Waals surface area contributed by atoms with E-state index in [9.17, 15) is 19.1 Å². The van der Waals surface area contributed by atoms with Gasteiger partial charge in [-0.1, -0.05) is 23.7 Å². The first-order chi connectivity index (χ1) is 10.9. The van der Waals surface area contributed by atoms with E-state index < -0.39 is 24.2 Å². The third kappa shape index (κ3) is 3.98. The van der Waals surface area contributed by atoms with Gasteiger partial charge in [0.1, 0.15) is 5.82 Å². The minimum Gasteiger partial charge on any atom is -0.503 e. The van der Waals surface area contributed by atoms with E-state index in [1.54, 1.807) is 0 Å². The van der Waals surface area contributed by atoms with E-state index in [1.807, 2.05) is 0 Å². The van der Waals surface area contributed by atoms with E-state index in [1.165, 1.54) is 37.4 Å². The van der Waals surface area contributed by atoms with Crippen LogP contribution >= 0.6 is 11.6 Å². The molecule has 0 spiro atoms. The van der Waals surface area contributed by atoms with Crippen LogP contribution in [-0.4, -0.2) is 30.6 Å². The first-order valence-electron chi connectivity index (χ1n) is 6.44. The fraction of sp³-hybridized carbons (Fsp3) is 0.125. The summed E-state index contributed by atoms with van der Waals surface area (Å²) in [7, 11) is 1.30. The van der Waals surface area contributed by atoms with Gasteiger partial charge in [-0.15, -0.1) is 0 Å². The fourth-order valence-corrected chi connectivity index (χ4v) is 2.02. The number of aromatic hydroxyl groups is 1. The second-order valence-corrected chi connectivity index (χ2v) is 4.93. The van der Waals surface area contributed by atoms with Gasteiger partial charge in [-0.2, -0.15) is 0 Å². The lowest BCUT2D eigenvalue weighted by Gasteiger charge is -2.09. The molecule has 2 rings (SSSR count). The molecule has 23 heavy (non-hydrogen) atoms. The zero-order valence-corrected chi connectivity index (χ0v) is 12.8. The van der Waals surface area contributed by atoms with Crippen molar-refractivity contribution in [1.29, 1.82) is 0 Å². The van der Waals surface area contributed by atoms with Gasteiger partial charge in [-0.05, 0) is 24.3 Å². The molecule has 0 fully saturated rings. The maximum absolute atomic E-state index is 13.0. The Bertz CT molecular complexity index is 760. The molecule has 0 aromatic heterocycles. The second kappa shape index (κ2) is 7.11. The van der Waals surface area contributed by atoms with Gasteiger partial charge in [-0.25, -0.2) is 9.18 Å². The third-order valence-corrected chi connectivity index (χ3v) is 3.25. The maximum Gasteiger partial charge on any atom is 0.338 e. The van der Waals surface area contributed by atoms with E-state index in [-0.39, 0.29) is 27.6 Å². The van der Waals surface area contributed by atoms with Crippen LogP contribution in [0.15, 0.2) is 36.4 Å². The van der Waals surface area contributed by atoms with Crippen LogP contribution in [0.2, 0.25) is 5.02 Å². The van der Waals surface area contributed by atoms with Crippen molar-refractivity contribution in [3.63, 3.8) is 0 Å². The van der Waals surface area contributed by atoms with Gasteiger partial charge in [0.15, 0.2) is 23.9 Å². The molecule has 2 aromatic rings. The summed E-state index contributed by atoms with van der Waals surface area (Å²) in [5.41, 5.74) is 0.107. The van der Waals surface area contributed by atoms with Gasteiger partial charge in [0.25, 0.3) is 0 Å². The van der Waals surface area contributed by atoms with E-state index in [2.05, 4.69) is 0 Å². The standard InChI is InChI=1S/C16H12ClFO5/c1-22-14-7-10(6-12(17)15(14)20)16(21)23-8-13(19)9-3-2-4-11(18)5-9/h2-7,20H,8H2,1H3. The molecular formula is C16H12ClFO5. The van der Waals surface area contributed by atoms with Gasteiger partial charge >= 0.3 is 5.97 Å². The van der Waals surface area contributed by atoms with Crippen molar-refractivity contribution in [3.8, 4) is 11.5 Å². The summed E-state index contributed by atoms with van der Waals surface area (Å²) in [4.78, 5) is 23.8. The van der Waals surface area contributed by atoms with Crippen molar-refractivity contribution in [3.05, 3.63) is 58.4 Å². The highest BCUT2D eigenvalue weighted by molar-refractivity contribution is 6.32. The van der Waals surface area contributed by atoms with Crippen LogP contribution in [0, 0.1) is 5.82 Å². The van der Waals surface area contributed by atoms with Crippen LogP contribution in [0.3, 0.4) is 0 Å². The molecule has 120 valence electrons. The first kappa shape index (κ1) is 16.8. The Balaban J connectivity index is 2.08. The van der Waals surface area contributed by atoms with Crippen molar-refractivity contribution < 1.29 is 28.6 Å². The van der Waals surface area contributed by atoms with Gasteiger partial charge < -0.3 is 14.6 Å². The summed E-state index contributed by atoms with van der Waals surface area (Å²) in [6, 6.07) is 7.48. The molecule has 0 aliphatic heterocycles. The predicted molar refractivity (Wildman–Crippen MR) is 80.7 cm³/mol. The lowest BCUT2D eigenvalue weighted by Crippen LogP contribution is -2.14. The van der Waals surface area contributed by atoms with Gasteiger partial charge in [0, 0.05) is 5.56 Å². The summed E-state index contributed by atoms with van der Waals surface area (Å²) in [6.07, 6.45) is 0. The molecule has 0 aliphatic rings.